The molecule has 3 aromatic rings. The molecule has 0 fully saturated rings. The van der Waals surface area contributed by atoms with Gasteiger partial charge in [0, 0.05) is 10.9 Å². The average Bonchev–Trinajstić information content (AvgIpc) is 2.59. The van der Waals surface area contributed by atoms with E-state index in [1.807, 2.05) is 0 Å². The number of nitrogens with zero attached hydrogens (tertiary/aromatic N) is 1. The molecule has 5 nitrogen and oxygen atoms in total. The van der Waals surface area contributed by atoms with Gasteiger partial charge in [-0.05, 0) is 36.4 Å². The highest BCUT2D eigenvalue weighted by atomic mass is 19.1. The lowest BCUT2D eigenvalue weighted by molar-refractivity contribution is -0.135. The number of pyridine rings is 1. The van der Waals surface area contributed by atoms with E-state index in [-0.39, 0.29) is 5.82 Å². The Labute approximate surface area is 136 Å². The number of hydrogen-bond acceptors (Lipinski definition) is 3. The number of para-hydroxylation sites is 1. The van der Waals surface area contributed by atoms with E-state index in [1.54, 1.807) is 42.5 Å². The summed E-state index contributed by atoms with van der Waals surface area (Å²) in [4.78, 5) is 27.5. The average molecular weight is 324 g/mol. The van der Waals surface area contributed by atoms with Gasteiger partial charge in [-0.25, -0.2) is 9.37 Å². The van der Waals surface area contributed by atoms with E-state index in [4.69, 9.17) is 5.11 Å². The Morgan fingerprint density at radius 3 is 2.50 bits per heavy atom. The number of hydrogen-bond donors (Lipinski definition) is 2. The maximum absolute atomic E-state index is 13.1. The van der Waals surface area contributed by atoms with Crippen molar-refractivity contribution in [1.29, 1.82) is 0 Å². The van der Waals surface area contributed by atoms with E-state index >= 15 is 0 Å². The number of fused-ring (bicyclic) bond motifs is 1. The summed E-state index contributed by atoms with van der Waals surface area (Å²) in [5, 5.41) is 11.7. The zero-order valence-electron chi connectivity index (χ0n) is 12.5. The predicted octanol–water partition coefficient (Wildman–Crippen LogP) is 2.86. The predicted molar refractivity (Wildman–Crippen MR) is 87.1 cm³/mol. The maximum Gasteiger partial charge on any atom is 0.322 e. The lowest BCUT2D eigenvalue weighted by Crippen LogP contribution is -2.29. The van der Waals surface area contributed by atoms with E-state index in [0.29, 0.717) is 27.7 Å². The first-order chi connectivity index (χ1) is 11.5. The minimum Gasteiger partial charge on any atom is -0.480 e. The molecule has 120 valence electrons. The van der Waals surface area contributed by atoms with Crippen molar-refractivity contribution in [2.24, 2.45) is 0 Å². The number of amides is 1. The van der Waals surface area contributed by atoms with Crippen molar-refractivity contribution in [2.75, 3.05) is 6.54 Å². The van der Waals surface area contributed by atoms with Gasteiger partial charge in [0.2, 0.25) is 0 Å². The van der Waals surface area contributed by atoms with Gasteiger partial charge in [0.05, 0.1) is 16.8 Å². The third kappa shape index (κ3) is 3.22. The summed E-state index contributed by atoms with van der Waals surface area (Å²) in [6.45, 7) is -0.471. The van der Waals surface area contributed by atoms with Crippen LogP contribution in [0.1, 0.15) is 10.4 Å². The van der Waals surface area contributed by atoms with Crippen molar-refractivity contribution >= 4 is 22.8 Å². The van der Waals surface area contributed by atoms with Gasteiger partial charge in [0.15, 0.2) is 0 Å². The fourth-order valence-electron chi connectivity index (χ4n) is 2.38. The highest BCUT2D eigenvalue weighted by Crippen LogP contribution is 2.25. The number of aromatic nitrogens is 1. The van der Waals surface area contributed by atoms with Crippen molar-refractivity contribution in [2.45, 2.75) is 0 Å². The molecule has 1 aromatic heterocycles. The third-order valence-electron chi connectivity index (χ3n) is 3.50. The molecule has 0 aliphatic carbocycles. The van der Waals surface area contributed by atoms with Gasteiger partial charge in [0.25, 0.3) is 5.91 Å². The van der Waals surface area contributed by atoms with Gasteiger partial charge >= 0.3 is 5.97 Å². The van der Waals surface area contributed by atoms with Crippen LogP contribution in [0.3, 0.4) is 0 Å². The second-order valence-corrected chi connectivity index (χ2v) is 5.16. The fourth-order valence-corrected chi connectivity index (χ4v) is 2.38. The minimum absolute atomic E-state index is 0.321. The summed E-state index contributed by atoms with van der Waals surface area (Å²) >= 11 is 0. The molecule has 0 aliphatic heterocycles. The number of carboxylic acids is 1. The van der Waals surface area contributed by atoms with Crippen molar-refractivity contribution in [3.63, 3.8) is 0 Å². The Morgan fingerprint density at radius 2 is 1.79 bits per heavy atom. The molecule has 0 radical (unpaired) electrons. The highest BCUT2D eigenvalue weighted by molar-refractivity contribution is 6.07. The largest absolute Gasteiger partial charge is 0.480 e. The van der Waals surface area contributed by atoms with Gasteiger partial charge in [0.1, 0.15) is 12.4 Å². The number of nitrogens with one attached hydrogen (secondary N) is 1. The van der Waals surface area contributed by atoms with Crippen LogP contribution in [0.25, 0.3) is 22.2 Å². The topological polar surface area (TPSA) is 79.3 Å². The first-order valence-electron chi connectivity index (χ1n) is 7.20. The summed E-state index contributed by atoms with van der Waals surface area (Å²) < 4.78 is 13.1. The van der Waals surface area contributed by atoms with Crippen LogP contribution in [0.4, 0.5) is 4.39 Å². The molecule has 0 atom stereocenters. The summed E-state index contributed by atoms with van der Waals surface area (Å²) in [6.07, 6.45) is 0. The Kier molecular flexibility index (Phi) is 4.20. The SMILES string of the molecule is O=C(O)CNC(=O)c1cc(-c2ccc(F)cc2)nc2ccccc12. The van der Waals surface area contributed by atoms with Gasteiger partial charge in [-0.2, -0.15) is 0 Å². The summed E-state index contributed by atoms with van der Waals surface area (Å²) in [7, 11) is 0. The van der Waals surface area contributed by atoms with Gasteiger partial charge in [-0.3, -0.25) is 9.59 Å². The van der Waals surface area contributed by atoms with Crippen LogP contribution in [0.5, 0.6) is 0 Å². The number of aliphatic carboxylic acids is 1. The number of benzene rings is 2. The minimum atomic E-state index is -1.12. The van der Waals surface area contributed by atoms with Crippen molar-refractivity contribution < 1.29 is 19.1 Å². The standard InChI is InChI=1S/C18H13FN2O3/c19-12-7-5-11(6-8-12)16-9-14(18(24)20-10-17(22)23)13-3-1-2-4-15(13)21-16/h1-9H,10H2,(H,20,24)(H,22,23). The van der Waals surface area contributed by atoms with Crippen LogP contribution in [-0.4, -0.2) is 28.5 Å². The van der Waals surface area contributed by atoms with Crippen molar-refractivity contribution in [3.05, 3.63) is 66.0 Å². The first-order valence-corrected chi connectivity index (χ1v) is 7.20. The molecule has 2 aromatic carbocycles. The smallest absolute Gasteiger partial charge is 0.322 e. The van der Waals surface area contributed by atoms with Crippen molar-refractivity contribution in [1.82, 2.24) is 10.3 Å². The Bertz CT molecular complexity index is 923. The van der Waals surface area contributed by atoms with E-state index in [0.717, 1.165) is 0 Å². The molecule has 0 spiro atoms. The molecule has 0 bridgehead atoms. The van der Waals surface area contributed by atoms with Gasteiger partial charge in [-0.1, -0.05) is 18.2 Å². The zero-order chi connectivity index (χ0) is 17.1. The van der Waals surface area contributed by atoms with Crippen LogP contribution >= 0.6 is 0 Å². The highest BCUT2D eigenvalue weighted by Gasteiger charge is 2.14. The summed E-state index contributed by atoms with van der Waals surface area (Å²) in [5.41, 5.74) is 2.09. The molecule has 24 heavy (non-hydrogen) atoms. The normalized spacial score (nSPS) is 10.5. The summed E-state index contributed by atoms with van der Waals surface area (Å²) in [5.74, 6) is -1.99. The third-order valence-corrected chi connectivity index (χ3v) is 3.50. The van der Waals surface area contributed by atoms with Crippen LogP contribution < -0.4 is 5.32 Å². The number of carboxylic acid groups (broad SMARTS) is 1. The van der Waals surface area contributed by atoms with Gasteiger partial charge < -0.3 is 10.4 Å². The van der Waals surface area contributed by atoms with E-state index in [9.17, 15) is 14.0 Å². The summed E-state index contributed by atoms with van der Waals surface area (Å²) in [6, 6.07) is 14.4. The molecule has 0 unspecified atom stereocenters. The second kappa shape index (κ2) is 6.45. The molecule has 3 rings (SSSR count). The van der Waals surface area contributed by atoms with Crippen LogP contribution in [0.15, 0.2) is 54.6 Å². The number of carbonyl (C=O) groups excluding carboxylic acids is 1. The fraction of sp³-hybridized carbons (Fsp3) is 0.0556. The quantitative estimate of drug-likeness (QED) is 0.773. The van der Waals surface area contributed by atoms with Crippen molar-refractivity contribution in [3.8, 4) is 11.3 Å². The zero-order valence-corrected chi connectivity index (χ0v) is 12.5. The molecule has 0 saturated heterocycles. The van der Waals surface area contributed by atoms with Gasteiger partial charge in [-0.15, -0.1) is 0 Å². The molecule has 1 amide bonds. The second-order valence-electron chi connectivity index (χ2n) is 5.16. The molecular weight excluding hydrogens is 311 g/mol. The molecule has 1 heterocycles. The molecule has 6 heteroatoms. The van der Waals surface area contributed by atoms with Crippen LogP contribution in [0.2, 0.25) is 0 Å². The molecular formula is C18H13FN2O3. The van der Waals surface area contributed by atoms with Crippen LogP contribution in [-0.2, 0) is 4.79 Å². The van der Waals surface area contributed by atoms with E-state index in [2.05, 4.69) is 10.3 Å². The van der Waals surface area contributed by atoms with E-state index < -0.39 is 18.4 Å². The molecule has 0 aliphatic rings. The number of carbonyl (C=O) groups is 2. The lowest BCUT2D eigenvalue weighted by atomic mass is 10.0. The van der Waals surface area contributed by atoms with E-state index in [1.165, 1.54) is 12.1 Å². The first kappa shape index (κ1) is 15.6. The number of rotatable bonds is 4. The molecule has 2 N–H and O–H groups in total. The monoisotopic (exact) mass is 324 g/mol. The maximum atomic E-state index is 13.1. The number of halogens is 1. The Hall–Kier alpha value is -3.28. The molecule has 0 saturated carbocycles. The van der Waals surface area contributed by atoms with Crippen LogP contribution in [0, 0.1) is 5.82 Å². The lowest BCUT2D eigenvalue weighted by Gasteiger charge is -2.10. The Morgan fingerprint density at radius 1 is 1.08 bits per heavy atom. The Balaban J connectivity index is 2.10.